The average Bonchev–Trinajstić information content (AvgIpc) is 2.63. The summed E-state index contributed by atoms with van der Waals surface area (Å²) in [5.41, 5.74) is -1.43. The standard InChI is InChI=1S/C14H20O7/c1-7(11(16)17)8-3-4-10(15)9-5-6-13(2)19-12(18)14(8,9)21-20-13/h7-9,12,18H,3-6H2,1-2H3,(H,16,17). The normalized spacial score (nSPS) is 47.6. The molecule has 118 valence electrons. The van der Waals surface area contributed by atoms with Gasteiger partial charge in [-0.25, -0.2) is 9.78 Å². The summed E-state index contributed by atoms with van der Waals surface area (Å²) in [6, 6.07) is 0. The molecule has 6 unspecified atom stereocenters. The predicted molar refractivity (Wildman–Crippen MR) is 67.7 cm³/mol. The topological polar surface area (TPSA) is 102 Å². The SMILES string of the molecule is CC(C(=O)O)C1CCC(=O)C2CCC3(C)OOC21C(O)O3. The van der Waals surface area contributed by atoms with Gasteiger partial charge >= 0.3 is 5.97 Å². The van der Waals surface area contributed by atoms with Crippen LogP contribution in [-0.4, -0.2) is 39.6 Å². The number of hydrogen-bond donors (Lipinski definition) is 2. The molecule has 0 aromatic carbocycles. The summed E-state index contributed by atoms with van der Waals surface area (Å²) in [7, 11) is 0. The number of ether oxygens (including phenoxy) is 1. The van der Waals surface area contributed by atoms with Gasteiger partial charge in [0.1, 0.15) is 5.78 Å². The highest BCUT2D eigenvalue weighted by molar-refractivity contribution is 5.84. The number of hydrogen-bond acceptors (Lipinski definition) is 6. The van der Waals surface area contributed by atoms with Crippen LogP contribution in [0.25, 0.3) is 0 Å². The van der Waals surface area contributed by atoms with Gasteiger partial charge in [-0.15, -0.1) is 0 Å². The summed E-state index contributed by atoms with van der Waals surface area (Å²) >= 11 is 0. The van der Waals surface area contributed by atoms with Gasteiger partial charge in [0.25, 0.3) is 0 Å². The average molecular weight is 300 g/mol. The third-order valence-electron chi connectivity index (χ3n) is 5.20. The van der Waals surface area contributed by atoms with E-state index in [1.807, 2.05) is 0 Å². The van der Waals surface area contributed by atoms with Gasteiger partial charge in [-0.3, -0.25) is 9.59 Å². The number of aliphatic carboxylic acids is 1. The van der Waals surface area contributed by atoms with Crippen LogP contribution in [0.1, 0.15) is 39.5 Å². The smallest absolute Gasteiger partial charge is 0.306 e. The number of fused-ring (bicyclic) bond motifs is 3. The number of Topliss-reactive ketones (excluding diaryl/α,β-unsaturated/α-hetero) is 1. The second-order valence-electron chi connectivity index (χ2n) is 6.45. The fraction of sp³-hybridized carbons (Fsp3) is 0.857. The third kappa shape index (κ3) is 2.03. The molecule has 3 aliphatic heterocycles. The summed E-state index contributed by atoms with van der Waals surface area (Å²) in [6.45, 7) is 3.20. The van der Waals surface area contributed by atoms with Crippen molar-refractivity contribution in [3.63, 3.8) is 0 Å². The minimum atomic E-state index is -1.43. The van der Waals surface area contributed by atoms with E-state index in [0.29, 0.717) is 25.7 Å². The van der Waals surface area contributed by atoms with Crippen LogP contribution in [0.3, 0.4) is 0 Å². The fourth-order valence-electron chi connectivity index (χ4n) is 3.94. The molecular weight excluding hydrogens is 280 g/mol. The molecule has 3 saturated heterocycles. The van der Waals surface area contributed by atoms with Crippen molar-refractivity contribution in [1.82, 2.24) is 0 Å². The Morgan fingerprint density at radius 1 is 1.38 bits per heavy atom. The Balaban J connectivity index is 2.06. The molecule has 2 bridgehead atoms. The Labute approximate surface area is 122 Å². The fourth-order valence-corrected chi connectivity index (χ4v) is 3.94. The Morgan fingerprint density at radius 2 is 2.10 bits per heavy atom. The molecule has 21 heavy (non-hydrogen) atoms. The number of rotatable bonds is 2. The lowest BCUT2D eigenvalue weighted by Crippen LogP contribution is -2.66. The summed E-state index contributed by atoms with van der Waals surface area (Å²) in [5, 5.41) is 19.8. The maximum Gasteiger partial charge on any atom is 0.306 e. The van der Waals surface area contributed by atoms with Crippen LogP contribution in [0, 0.1) is 17.8 Å². The molecule has 7 nitrogen and oxygen atoms in total. The highest BCUT2D eigenvalue weighted by Crippen LogP contribution is 2.54. The lowest BCUT2D eigenvalue weighted by molar-refractivity contribution is -0.551. The monoisotopic (exact) mass is 300 g/mol. The van der Waals surface area contributed by atoms with Crippen LogP contribution in [0.4, 0.5) is 0 Å². The highest BCUT2D eigenvalue weighted by atomic mass is 17.3. The van der Waals surface area contributed by atoms with Gasteiger partial charge in [-0.2, -0.15) is 0 Å². The number of carboxylic acids is 1. The van der Waals surface area contributed by atoms with Gasteiger partial charge in [0.05, 0.1) is 11.8 Å². The molecule has 6 atom stereocenters. The summed E-state index contributed by atoms with van der Waals surface area (Å²) in [6.07, 6.45) is 0.121. The largest absolute Gasteiger partial charge is 0.481 e. The van der Waals surface area contributed by atoms with Crippen LogP contribution >= 0.6 is 0 Å². The van der Waals surface area contributed by atoms with Gasteiger partial charge in [0.2, 0.25) is 5.79 Å². The minimum Gasteiger partial charge on any atom is -0.481 e. The van der Waals surface area contributed by atoms with Crippen molar-refractivity contribution in [1.29, 1.82) is 0 Å². The van der Waals surface area contributed by atoms with E-state index < -0.39 is 41.4 Å². The zero-order valence-electron chi connectivity index (χ0n) is 12.1. The number of carbonyl (C=O) groups is 2. The molecular formula is C14H20O7. The van der Waals surface area contributed by atoms with Crippen LogP contribution in [0.2, 0.25) is 0 Å². The summed E-state index contributed by atoms with van der Waals surface area (Å²) in [5.74, 6) is -4.03. The molecule has 4 aliphatic rings. The zero-order chi connectivity index (χ0) is 15.4. The number of aliphatic hydroxyl groups is 1. The van der Waals surface area contributed by atoms with E-state index in [2.05, 4.69) is 0 Å². The molecule has 4 fully saturated rings. The van der Waals surface area contributed by atoms with Crippen molar-refractivity contribution in [3.05, 3.63) is 0 Å². The van der Waals surface area contributed by atoms with Gasteiger partial charge in [0, 0.05) is 18.8 Å². The van der Waals surface area contributed by atoms with E-state index in [1.165, 1.54) is 0 Å². The zero-order valence-corrected chi connectivity index (χ0v) is 12.1. The van der Waals surface area contributed by atoms with Gasteiger partial charge in [-0.05, 0) is 19.8 Å². The summed E-state index contributed by atoms with van der Waals surface area (Å²) in [4.78, 5) is 34.5. The quantitative estimate of drug-likeness (QED) is 0.729. The second kappa shape index (κ2) is 4.74. The maximum atomic E-state index is 12.3. The molecule has 0 aromatic heterocycles. The molecule has 0 aromatic rings. The molecule has 0 amide bonds. The lowest BCUT2D eigenvalue weighted by atomic mass is 9.62. The highest BCUT2D eigenvalue weighted by Gasteiger charge is 2.66. The van der Waals surface area contributed by atoms with E-state index in [-0.39, 0.29) is 5.78 Å². The van der Waals surface area contributed by atoms with E-state index in [0.717, 1.165) is 0 Å². The van der Waals surface area contributed by atoms with Crippen LogP contribution < -0.4 is 0 Å². The lowest BCUT2D eigenvalue weighted by Gasteiger charge is -2.52. The Kier molecular flexibility index (Phi) is 3.36. The molecule has 1 aliphatic carbocycles. The number of carboxylic acid groups (broad SMARTS) is 1. The summed E-state index contributed by atoms with van der Waals surface area (Å²) < 4.78 is 5.53. The molecule has 1 saturated carbocycles. The minimum absolute atomic E-state index is 0.0266. The first-order valence-electron chi connectivity index (χ1n) is 7.28. The molecule has 2 N–H and O–H groups in total. The number of carbonyl (C=O) groups excluding carboxylic acids is 1. The van der Waals surface area contributed by atoms with Gasteiger partial charge in [-0.1, -0.05) is 6.92 Å². The van der Waals surface area contributed by atoms with Crippen molar-refractivity contribution in [2.45, 2.75) is 57.2 Å². The second-order valence-corrected chi connectivity index (χ2v) is 6.45. The van der Waals surface area contributed by atoms with Crippen LogP contribution in [-0.2, 0) is 24.1 Å². The maximum absolute atomic E-state index is 12.3. The Morgan fingerprint density at radius 3 is 2.71 bits per heavy atom. The first-order chi connectivity index (χ1) is 9.80. The van der Waals surface area contributed by atoms with Gasteiger partial charge < -0.3 is 14.9 Å². The van der Waals surface area contributed by atoms with E-state index in [9.17, 15) is 19.8 Å². The first kappa shape index (κ1) is 14.9. The number of ketones is 1. The predicted octanol–water partition coefficient (Wildman–Crippen LogP) is 0.848. The molecule has 3 heterocycles. The van der Waals surface area contributed by atoms with E-state index in [4.69, 9.17) is 14.5 Å². The first-order valence-corrected chi connectivity index (χ1v) is 7.28. The van der Waals surface area contributed by atoms with E-state index in [1.54, 1.807) is 13.8 Å². The van der Waals surface area contributed by atoms with Crippen LogP contribution in [0.15, 0.2) is 0 Å². The van der Waals surface area contributed by atoms with Crippen molar-refractivity contribution in [3.8, 4) is 0 Å². The molecule has 4 rings (SSSR count). The molecule has 0 radical (unpaired) electrons. The van der Waals surface area contributed by atoms with Crippen molar-refractivity contribution in [2.75, 3.05) is 0 Å². The van der Waals surface area contributed by atoms with E-state index >= 15 is 0 Å². The Hall–Kier alpha value is -1.02. The van der Waals surface area contributed by atoms with Crippen molar-refractivity contribution in [2.24, 2.45) is 17.8 Å². The van der Waals surface area contributed by atoms with Crippen LogP contribution in [0.5, 0.6) is 0 Å². The number of aliphatic hydroxyl groups excluding tert-OH is 1. The van der Waals surface area contributed by atoms with Gasteiger partial charge in [0.15, 0.2) is 11.9 Å². The van der Waals surface area contributed by atoms with Crippen molar-refractivity contribution >= 4 is 11.8 Å². The Bertz CT molecular complexity index is 478. The molecule has 1 spiro atoms. The molecule has 7 heteroatoms. The van der Waals surface area contributed by atoms with Crippen molar-refractivity contribution < 1.29 is 34.3 Å². The third-order valence-corrected chi connectivity index (χ3v) is 5.20.